The van der Waals surface area contributed by atoms with Crippen LogP contribution in [0.5, 0.6) is 0 Å². The van der Waals surface area contributed by atoms with Crippen LogP contribution in [0.25, 0.3) is 0 Å². The number of carboxylic acid groups (broad SMARTS) is 2. The van der Waals surface area contributed by atoms with E-state index >= 15 is 0 Å². The van der Waals surface area contributed by atoms with Crippen LogP contribution in [0.1, 0.15) is 25.7 Å². The molecule has 110 valence electrons. The van der Waals surface area contributed by atoms with Crippen molar-refractivity contribution in [3.8, 4) is 0 Å². The molecule has 0 aliphatic rings. The van der Waals surface area contributed by atoms with Crippen LogP contribution in [-0.2, 0) is 9.59 Å². The molecule has 0 unspecified atom stereocenters. The first kappa shape index (κ1) is 17.6. The maximum atomic E-state index is 11.4. The molecule has 0 radical (unpaired) electrons. The smallest absolute Gasteiger partial charge is 0.326 e. The number of nitrogens with one attached hydrogen (secondary N) is 2. The lowest BCUT2D eigenvalue weighted by Gasteiger charge is -2.14. The number of rotatable bonds is 10. The second-order valence-electron chi connectivity index (χ2n) is 3.92. The Labute approximate surface area is 116 Å². The monoisotopic (exact) mass is 292 g/mol. The van der Waals surface area contributed by atoms with Gasteiger partial charge < -0.3 is 20.8 Å². The van der Waals surface area contributed by atoms with Crippen molar-refractivity contribution in [1.82, 2.24) is 10.6 Å². The predicted molar refractivity (Wildman–Crippen MR) is 72.4 cm³/mol. The molecule has 0 fully saturated rings. The normalized spacial score (nSPS) is 11.6. The van der Waals surface area contributed by atoms with Crippen molar-refractivity contribution < 1.29 is 24.6 Å². The highest BCUT2D eigenvalue weighted by Gasteiger charge is 2.19. The van der Waals surface area contributed by atoms with Gasteiger partial charge in [0.1, 0.15) is 6.04 Å². The van der Waals surface area contributed by atoms with E-state index in [1.807, 2.05) is 6.26 Å². The standard InChI is InChI=1S/C11H20N2O5S/c1-19-7-3-6-12-11(18)13-8(10(16)17)4-2-5-9(14)15/h8H,2-7H2,1H3,(H,14,15)(H,16,17)(H2,12,13,18)/t8-/m1/s1. The summed E-state index contributed by atoms with van der Waals surface area (Å²) in [5.74, 6) is -1.23. The molecule has 0 aliphatic carbocycles. The van der Waals surface area contributed by atoms with Crippen molar-refractivity contribution in [1.29, 1.82) is 0 Å². The van der Waals surface area contributed by atoms with Gasteiger partial charge in [0.25, 0.3) is 0 Å². The predicted octanol–water partition coefficient (Wildman–Crippen LogP) is 0.747. The molecule has 2 amide bonds. The Balaban J connectivity index is 3.94. The molecule has 4 N–H and O–H groups in total. The van der Waals surface area contributed by atoms with Gasteiger partial charge in [-0.15, -0.1) is 0 Å². The number of amides is 2. The average molecular weight is 292 g/mol. The number of carbonyl (C=O) groups is 3. The van der Waals surface area contributed by atoms with Crippen LogP contribution >= 0.6 is 11.8 Å². The van der Waals surface area contributed by atoms with Crippen molar-refractivity contribution in [3.63, 3.8) is 0 Å². The summed E-state index contributed by atoms with van der Waals surface area (Å²) in [7, 11) is 0. The zero-order valence-corrected chi connectivity index (χ0v) is 11.7. The first-order valence-electron chi connectivity index (χ1n) is 5.95. The van der Waals surface area contributed by atoms with Gasteiger partial charge in [0, 0.05) is 13.0 Å². The fourth-order valence-electron chi connectivity index (χ4n) is 1.34. The average Bonchev–Trinajstić information content (AvgIpc) is 2.33. The van der Waals surface area contributed by atoms with Crippen molar-refractivity contribution in [2.75, 3.05) is 18.6 Å². The second-order valence-corrected chi connectivity index (χ2v) is 4.91. The van der Waals surface area contributed by atoms with Gasteiger partial charge in [0.15, 0.2) is 0 Å². The third-order valence-corrected chi connectivity index (χ3v) is 2.99. The van der Waals surface area contributed by atoms with Crippen LogP contribution in [0.4, 0.5) is 4.79 Å². The Bertz CT molecular complexity index is 311. The van der Waals surface area contributed by atoms with Crippen molar-refractivity contribution in [3.05, 3.63) is 0 Å². The largest absolute Gasteiger partial charge is 0.481 e. The number of aliphatic carboxylic acids is 2. The molecule has 1 atom stereocenters. The summed E-state index contributed by atoms with van der Waals surface area (Å²) < 4.78 is 0. The van der Waals surface area contributed by atoms with Crippen molar-refractivity contribution >= 4 is 29.7 Å². The summed E-state index contributed by atoms with van der Waals surface area (Å²) in [6.07, 6.45) is 2.97. The van der Waals surface area contributed by atoms with Crippen LogP contribution in [0.15, 0.2) is 0 Å². The van der Waals surface area contributed by atoms with Gasteiger partial charge in [-0.05, 0) is 31.3 Å². The van der Waals surface area contributed by atoms with E-state index in [2.05, 4.69) is 10.6 Å². The Morgan fingerprint density at radius 1 is 1.21 bits per heavy atom. The first-order chi connectivity index (χ1) is 8.97. The molecule has 7 nitrogen and oxygen atoms in total. The molecule has 8 heteroatoms. The summed E-state index contributed by atoms with van der Waals surface area (Å²) in [5.41, 5.74) is 0. The van der Waals surface area contributed by atoms with E-state index in [1.165, 1.54) is 0 Å². The third-order valence-electron chi connectivity index (χ3n) is 2.30. The number of hydrogen-bond acceptors (Lipinski definition) is 4. The summed E-state index contributed by atoms with van der Waals surface area (Å²) in [4.78, 5) is 32.6. The quantitative estimate of drug-likeness (QED) is 0.441. The highest BCUT2D eigenvalue weighted by molar-refractivity contribution is 7.98. The topological polar surface area (TPSA) is 116 Å². The van der Waals surface area contributed by atoms with Crippen LogP contribution in [0.2, 0.25) is 0 Å². The van der Waals surface area contributed by atoms with Gasteiger partial charge in [-0.25, -0.2) is 9.59 Å². The lowest BCUT2D eigenvalue weighted by Crippen LogP contribution is -2.46. The summed E-state index contributed by atoms with van der Waals surface area (Å²) in [6.45, 7) is 0.480. The fourth-order valence-corrected chi connectivity index (χ4v) is 1.78. The summed E-state index contributed by atoms with van der Waals surface area (Å²) in [6, 6.07) is -1.59. The Hall–Kier alpha value is -1.44. The van der Waals surface area contributed by atoms with Gasteiger partial charge >= 0.3 is 18.0 Å². The SMILES string of the molecule is CSCCCNC(=O)N[C@H](CCCC(=O)O)C(=O)O. The van der Waals surface area contributed by atoms with Crippen molar-refractivity contribution in [2.24, 2.45) is 0 Å². The van der Waals surface area contributed by atoms with E-state index in [4.69, 9.17) is 10.2 Å². The van der Waals surface area contributed by atoms with Crippen LogP contribution in [0, 0.1) is 0 Å². The van der Waals surface area contributed by atoms with Gasteiger partial charge in [0.05, 0.1) is 0 Å². The molecule has 0 aliphatic heterocycles. The van der Waals surface area contributed by atoms with Crippen LogP contribution in [-0.4, -0.2) is 52.8 Å². The summed E-state index contributed by atoms with van der Waals surface area (Å²) >= 11 is 1.66. The zero-order valence-electron chi connectivity index (χ0n) is 10.8. The highest BCUT2D eigenvalue weighted by atomic mass is 32.2. The van der Waals surface area contributed by atoms with Crippen LogP contribution < -0.4 is 10.6 Å². The molecule has 0 aromatic carbocycles. The van der Waals surface area contributed by atoms with E-state index in [0.29, 0.717) is 6.54 Å². The lowest BCUT2D eigenvalue weighted by molar-refractivity contribution is -0.140. The number of hydrogen-bond donors (Lipinski definition) is 4. The molecule has 0 spiro atoms. The molecule has 0 aromatic rings. The Morgan fingerprint density at radius 3 is 2.42 bits per heavy atom. The van der Waals surface area contributed by atoms with Crippen LogP contribution in [0.3, 0.4) is 0 Å². The molecule has 0 saturated heterocycles. The Kier molecular flexibility index (Phi) is 9.69. The van der Waals surface area contributed by atoms with Crippen molar-refractivity contribution in [2.45, 2.75) is 31.7 Å². The molecular formula is C11H20N2O5S. The fraction of sp³-hybridized carbons (Fsp3) is 0.727. The second kappa shape index (κ2) is 10.5. The molecule has 0 aromatic heterocycles. The molecular weight excluding hydrogens is 272 g/mol. The van der Waals surface area contributed by atoms with E-state index in [1.54, 1.807) is 11.8 Å². The van der Waals surface area contributed by atoms with Gasteiger partial charge in [-0.2, -0.15) is 11.8 Å². The van der Waals surface area contributed by atoms with Gasteiger partial charge in [-0.1, -0.05) is 0 Å². The molecule has 0 heterocycles. The first-order valence-corrected chi connectivity index (χ1v) is 7.34. The van der Waals surface area contributed by atoms with E-state index < -0.39 is 24.0 Å². The number of carbonyl (C=O) groups excluding carboxylic acids is 1. The van der Waals surface area contributed by atoms with Gasteiger partial charge in [-0.3, -0.25) is 4.79 Å². The van der Waals surface area contributed by atoms with E-state index in [-0.39, 0.29) is 19.3 Å². The molecule has 0 rings (SSSR count). The molecule has 19 heavy (non-hydrogen) atoms. The molecule has 0 bridgehead atoms. The zero-order chi connectivity index (χ0) is 14.7. The highest BCUT2D eigenvalue weighted by Crippen LogP contribution is 2.01. The number of thioether (sulfide) groups is 1. The minimum Gasteiger partial charge on any atom is -0.481 e. The van der Waals surface area contributed by atoms with E-state index in [0.717, 1.165) is 12.2 Å². The Morgan fingerprint density at radius 2 is 1.89 bits per heavy atom. The maximum absolute atomic E-state index is 11.4. The minimum absolute atomic E-state index is 0.0971. The molecule has 0 saturated carbocycles. The number of urea groups is 1. The van der Waals surface area contributed by atoms with Gasteiger partial charge in [0.2, 0.25) is 0 Å². The minimum atomic E-state index is -1.16. The lowest BCUT2D eigenvalue weighted by atomic mass is 10.1. The number of carboxylic acids is 2. The third kappa shape index (κ3) is 10.2. The summed E-state index contributed by atoms with van der Waals surface area (Å²) in [5, 5.41) is 22.2. The maximum Gasteiger partial charge on any atom is 0.326 e. The van der Waals surface area contributed by atoms with E-state index in [9.17, 15) is 14.4 Å².